The molecule has 0 saturated heterocycles. The molecule has 0 aliphatic carbocycles. The lowest BCUT2D eigenvalue weighted by Crippen LogP contribution is -1.88. The van der Waals surface area contributed by atoms with Gasteiger partial charge in [-0.25, -0.2) is 9.97 Å². The molecule has 0 unspecified atom stereocenters. The number of nitrogens with zero attached hydrogens (tertiary/aromatic N) is 3. The van der Waals surface area contributed by atoms with Crippen molar-refractivity contribution in [1.29, 1.82) is 0 Å². The van der Waals surface area contributed by atoms with Crippen molar-refractivity contribution in [2.24, 2.45) is 0 Å². The molecule has 0 radical (unpaired) electrons. The molecule has 0 atom stereocenters. The molecule has 0 aliphatic heterocycles. The third kappa shape index (κ3) is 2.72. The summed E-state index contributed by atoms with van der Waals surface area (Å²) in [4.78, 5) is 13.9. The van der Waals surface area contributed by atoms with Crippen LogP contribution in [0.1, 0.15) is 5.56 Å². The van der Waals surface area contributed by atoms with Gasteiger partial charge in [0.1, 0.15) is 10.5 Å². The molecule has 1 aromatic carbocycles. The lowest BCUT2D eigenvalue weighted by molar-refractivity contribution is 0.282. The first-order valence-electron chi connectivity index (χ1n) is 5.80. The van der Waals surface area contributed by atoms with E-state index in [1.807, 2.05) is 36.4 Å². The second-order valence-corrected chi connectivity index (χ2v) is 5.05. The highest BCUT2D eigenvalue weighted by molar-refractivity contribution is 7.99. The van der Waals surface area contributed by atoms with Crippen LogP contribution in [-0.4, -0.2) is 20.1 Å². The Hall–Kier alpha value is -1.98. The minimum atomic E-state index is 0.0642. The van der Waals surface area contributed by atoms with Gasteiger partial charge in [-0.05, 0) is 29.8 Å². The van der Waals surface area contributed by atoms with E-state index in [2.05, 4.69) is 15.0 Å². The molecule has 0 amide bonds. The summed E-state index contributed by atoms with van der Waals surface area (Å²) in [6, 6.07) is 11.6. The molecule has 2 aromatic heterocycles. The first-order valence-corrected chi connectivity index (χ1v) is 6.62. The third-order valence-corrected chi connectivity index (χ3v) is 3.58. The summed E-state index contributed by atoms with van der Waals surface area (Å²) in [7, 11) is 0. The van der Waals surface area contributed by atoms with E-state index in [-0.39, 0.29) is 6.61 Å². The maximum atomic E-state index is 9.00. The third-order valence-electron chi connectivity index (χ3n) is 2.63. The monoisotopic (exact) mass is 269 g/mol. The number of hydrogen-bond donors (Lipinski definition) is 1. The van der Waals surface area contributed by atoms with Crippen LogP contribution in [0, 0.1) is 0 Å². The molecule has 94 valence electrons. The average Bonchev–Trinajstić information content (AvgIpc) is 2.48. The van der Waals surface area contributed by atoms with Crippen LogP contribution in [0.4, 0.5) is 0 Å². The largest absolute Gasteiger partial charge is 0.392 e. The van der Waals surface area contributed by atoms with Crippen molar-refractivity contribution in [2.75, 3.05) is 0 Å². The number of aliphatic hydroxyl groups excluding tert-OH is 1. The van der Waals surface area contributed by atoms with Crippen LogP contribution in [0.5, 0.6) is 0 Å². The van der Waals surface area contributed by atoms with Gasteiger partial charge in [0.05, 0.1) is 6.61 Å². The minimum absolute atomic E-state index is 0.0642. The van der Waals surface area contributed by atoms with Gasteiger partial charge in [0.2, 0.25) is 0 Å². The first-order chi connectivity index (χ1) is 9.35. The zero-order valence-corrected chi connectivity index (χ0v) is 10.8. The molecule has 0 spiro atoms. The van der Waals surface area contributed by atoms with Crippen molar-refractivity contribution in [1.82, 2.24) is 15.0 Å². The molecule has 4 nitrogen and oxygen atoms in total. The van der Waals surface area contributed by atoms with E-state index in [0.717, 1.165) is 21.0 Å². The van der Waals surface area contributed by atoms with Crippen LogP contribution < -0.4 is 0 Å². The van der Waals surface area contributed by atoms with Crippen LogP contribution in [0.15, 0.2) is 58.7 Å². The first kappa shape index (κ1) is 12.1. The van der Waals surface area contributed by atoms with Gasteiger partial charge >= 0.3 is 0 Å². The summed E-state index contributed by atoms with van der Waals surface area (Å²) in [5.74, 6) is 0. The maximum Gasteiger partial charge on any atom is 0.179 e. The van der Waals surface area contributed by atoms with E-state index in [1.165, 1.54) is 0 Å². The summed E-state index contributed by atoms with van der Waals surface area (Å²) in [5.41, 5.74) is 2.35. The van der Waals surface area contributed by atoms with E-state index in [4.69, 9.17) is 5.11 Å². The smallest absolute Gasteiger partial charge is 0.179 e. The Balaban J connectivity index is 1.87. The fourth-order valence-electron chi connectivity index (χ4n) is 1.68. The van der Waals surface area contributed by atoms with Crippen LogP contribution in [0.3, 0.4) is 0 Å². The zero-order valence-electron chi connectivity index (χ0n) is 10.0. The quantitative estimate of drug-likeness (QED) is 0.792. The number of fused-ring (bicyclic) bond motifs is 1. The molecule has 19 heavy (non-hydrogen) atoms. The molecule has 2 heterocycles. The molecule has 0 saturated carbocycles. The number of pyridine rings is 1. The Morgan fingerprint density at radius 1 is 0.947 bits per heavy atom. The van der Waals surface area contributed by atoms with Gasteiger partial charge in [0.25, 0.3) is 0 Å². The standard InChI is InChI=1S/C14H11N3OS/c18-9-10-1-3-11(4-2-10)19-13-6-5-12-14(17-13)16-8-7-15-12/h1-8,18H,9H2. The molecule has 0 aliphatic rings. The Labute approximate surface area is 114 Å². The predicted molar refractivity (Wildman–Crippen MR) is 73.8 cm³/mol. The highest BCUT2D eigenvalue weighted by Crippen LogP contribution is 2.27. The Morgan fingerprint density at radius 2 is 1.74 bits per heavy atom. The number of rotatable bonds is 3. The van der Waals surface area contributed by atoms with Crippen LogP contribution in [0.25, 0.3) is 11.2 Å². The average molecular weight is 269 g/mol. The van der Waals surface area contributed by atoms with Crippen molar-refractivity contribution in [3.63, 3.8) is 0 Å². The van der Waals surface area contributed by atoms with Crippen molar-refractivity contribution < 1.29 is 5.11 Å². The second-order valence-electron chi connectivity index (χ2n) is 3.95. The highest BCUT2D eigenvalue weighted by atomic mass is 32.2. The maximum absolute atomic E-state index is 9.00. The molecule has 0 bridgehead atoms. The van der Waals surface area contributed by atoms with Gasteiger partial charge in [0.15, 0.2) is 5.65 Å². The highest BCUT2D eigenvalue weighted by Gasteiger charge is 2.02. The molecular weight excluding hydrogens is 258 g/mol. The fourth-order valence-corrected chi connectivity index (χ4v) is 2.46. The van der Waals surface area contributed by atoms with E-state index >= 15 is 0 Å². The lowest BCUT2D eigenvalue weighted by Gasteiger charge is -2.03. The van der Waals surface area contributed by atoms with Crippen LogP contribution in [-0.2, 0) is 6.61 Å². The summed E-state index contributed by atoms with van der Waals surface area (Å²) in [6.45, 7) is 0.0642. The summed E-state index contributed by atoms with van der Waals surface area (Å²) < 4.78 is 0. The van der Waals surface area contributed by atoms with Gasteiger partial charge in [-0.3, -0.25) is 4.98 Å². The fraction of sp³-hybridized carbons (Fsp3) is 0.0714. The second kappa shape index (κ2) is 5.34. The van der Waals surface area contributed by atoms with Crippen molar-refractivity contribution >= 4 is 22.9 Å². The summed E-state index contributed by atoms with van der Waals surface area (Å²) in [5, 5.41) is 9.88. The van der Waals surface area contributed by atoms with Crippen LogP contribution >= 0.6 is 11.8 Å². The molecule has 5 heteroatoms. The lowest BCUT2D eigenvalue weighted by atomic mass is 10.2. The normalized spacial score (nSPS) is 10.8. The molecular formula is C14H11N3OS. The predicted octanol–water partition coefficient (Wildman–Crippen LogP) is 2.67. The van der Waals surface area contributed by atoms with E-state index in [9.17, 15) is 0 Å². The molecule has 0 fully saturated rings. The van der Waals surface area contributed by atoms with Gasteiger partial charge in [-0.2, -0.15) is 0 Å². The van der Waals surface area contributed by atoms with E-state index in [0.29, 0.717) is 5.65 Å². The number of hydrogen-bond acceptors (Lipinski definition) is 5. The molecule has 3 aromatic rings. The van der Waals surface area contributed by atoms with Crippen molar-refractivity contribution in [2.45, 2.75) is 16.5 Å². The Bertz CT molecular complexity index is 700. The van der Waals surface area contributed by atoms with Gasteiger partial charge in [0, 0.05) is 17.3 Å². The zero-order chi connectivity index (χ0) is 13.1. The summed E-state index contributed by atoms with van der Waals surface area (Å²) >= 11 is 1.56. The minimum Gasteiger partial charge on any atom is -0.392 e. The Kier molecular flexibility index (Phi) is 3.39. The van der Waals surface area contributed by atoms with E-state index < -0.39 is 0 Å². The van der Waals surface area contributed by atoms with Gasteiger partial charge in [-0.15, -0.1) is 0 Å². The number of aromatic nitrogens is 3. The van der Waals surface area contributed by atoms with Gasteiger partial charge < -0.3 is 5.11 Å². The number of benzene rings is 1. The molecule has 1 N–H and O–H groups in total. The summed E-state index contributed by atoms with van der Waals surface area (Å²) in [6.07, 6.45) is 3.30. The molecule has 3 rings (SSSR count). The number of aliphatic hydroxyl groups is 1. The van der Waals surface area contributed by atoms with Crippen molar-refractivity contribution in [3.05, 3.63) is 54.4 Å². The van der Waals surface area contributed by atoms with Crippen molar-refractivity contribution in [3.8, 4) is 0 Å². The SMILES string of the molecule is OCc1ccc(Sc2ccc3nccnc3n2)cc1. The van der Waals surface area contributed by atoms with Crippen LogP contribution in [0.2, 0.25) is 0 Å². The Morgan fingerprint density at radius 3 is 2.53 bits per heavy atom. The topological polar surface area (TPSA) is 58.9 Å². The van der Waals surface area contributed by atoms with Gasteiger partial charge in [-0.1, -0.05) is 23.9 Å². The van der Waals surface area contributed by atoms with E-state index in [1.54, 1.807) is 24.2 Å².